The number of anilines is 2. The molecule has 2 aromatic rings. The van der Waals surface area contributed by atoms with Gasteiger partial charge in [-0.3, -0.25) is 0 Å². The van der Waals surface area contributed by atoms with Crippen LogP contribution in [0.1, 0.15) is 17.1 Å². The Bertz CT molecular complexity index is 664. The molecule has 3 rings (SSSR count). The standard InChI is InChI=1S/C14H16ClN5O/c1-21-8-12-18-11-7-20(6-4-9(11)13(16)19-12)14-10(15)3-2-5-17-14/h2-3,5H,4,6-8H2,1H3,(H2,16,18,19). The zero-order chi connectivity index (χ0) is 14.8. The number of nitrogens with two attached hydrogens (primary N) is 1. The van der Waals surface area contributed by atoms with Crippen LogP contribution in [0.15, 0.2) is 18.3 Å². The van der Waals surface area contributed by atoms with Crippen molar-refractivity contribution in [1.29, 1.82) is 0 Å². The molecule has 0 fully saturated rings. The van der Waals surface area contributed by atoms with Gasteiger partial charge in [-0.15, -0.1) is 0 Å². The van der Waals surface area contributed by atoms with Crippen LogP contribution >= 0.6 is 11.6 Å². The second-order valence-electron chi connectivity index (χ2n) is 4.86. The zero-order valence-corrected chi connectivity index (χ0v) is 12.5. The highest BCUT2D eigenvalue weighted by Gasteiger charge is 2.23. The molecule has 0 spiro atoms. The predicted molar refractivity (Wildman–Crippen MR) is 81.2 cm³/mol. The first kappa shape index (κ1) is 14.0. The predicted octanol–water partition coefficient (Wildman–Crippen LogP) is 1.82. The molecule has 0 saturated heterocycles. The Morgan fingerprint density at radius 3 is 3.05 bits per heavy atom. The first-order chi connectivity index (χ1) is 10.2. The molecule has 3 heterocycles. The smallest absolute Gasteiger partial charge is 0.156 e. The first-order valence-electron chi connectivity index (χ1n) is 6.67. The molecular formula is C14H16ClN5O. The van der Waals surface area contributed by atoms with Gasteiger partial charge in [-0.05, 0) is 18.6 Å². The zero-order valence-electron chi connectivity index (χ0n) is 11.7. The van der Waals surface area contributed by atoms with Gasteiger partial charge in [0, 0.05) is 25.4 Å². The fourth-order valence-corrected chi connectivity index (χ4v) is 2.74. The molecule has 0 atom stereocenters. The topological polar surface area (TPSA) is 77.2 Å². The van der Waals surface area contributed by atoms with Crippen LogP contribution in [0.5, 0.6) is 0 Å². The summed E-state index contributed by atoms with van der Waals surface area (Å²) in [5.74, 6) is 1.91. The van der Waals surface area contributed by atoms with Crippen molar-refractivity contribution in [3.8, 4) is 0 Å². The normalized spacial score (nSPS) is 14.1. The van der Waals surface area contributed by atoms with Crippen LogP contribution in [0.3, 0.4) is 0 Å². The fourth-order valence-electron chi connectivity index (χ4n) is 2.50. The summed E-state index contributed by atoms with van der Waals surface area (Å²) in [5, 5.41) is 0.639. The van der Waals surface area contributed by atoms with E-state index in [2.05, 4.69) is 19.9 Å². The van der Waals surface area contributed by atoms with Gasteiger partial charge in [-0.25, -0.2) is 15.0 Å². The van der Waals surface area contributed by atoms with E-state index < -0.39 is 0 Å². The van der Waals surface area contributed by atoms with Crippen molar-refractivity contribution in [3.05, 3.63) is 40.4 Å². The highest BCUT2D eigenvalue weighted by atomic mass is 35.5. The van der Waals surface area contributed by atoms with Crippen LogP contribution in [0.25, 0.3) is 0 Å². The molecule has 1 aliphatic heterocycles. The third kappa shape index (κ3) is 2.77. The van der Waals surface area contributed by atoms with E-state index in [0.29, 0.717) is 29.8 Å². The second kappa shape index (κ2) is 5.83. The minimum atomic E-state index is 0.349. The van der Waals surface area contributed by atoms with Gasteiger partial charge in [-0.1, -0.05) is 11.6 Å². The van der Waals surface area contributed by atoms with Crippen molar-refractivity contribution in [2.24, 2.45) is 0 Å². The summed E-state index contributed by atoms with van der Waals surface area (Å²) in [4.78, 5) is 15.3. The number of methoxy groups -OCH3 is 1. The van der Waals surface area contributed by atoms with E-state index in [9.17, 15) is 0 Å². The van der Waals surface area contributed by atoms with Gasteiger partial charge < -0.3 is 15.4 Å². The summed E-state index contributed by atoms with van der Waals surface area (Å²) in [6.07, 6.45) is 2.52. The van der Waals surface area contributed by atoms with Crippen molar-refractivity contribution >= 4 is 23.2 Å². The number of nitrogens with zero attached hydrogens (tertiary/aromatic N) is 4. The van der Waals surface area contributed by atoms with E-state index in [1.165, 1.54) is 0 Å². The molecule has 0 unspecified atom stereocenters. The minimum Gasteiger partial charge on any atom is -0.383 e. The number of nitrogen functional groups attached to an aromatic ring is 1. The molecule has 7 heteroatoms. The van der Waals surface area contributed by atoms with Gasteiger partial charge in [0.15, 0.2) is 5.82 Å². The molecule has 21 heavy (non-hydrogen) atoms. The lowest BCUT2D eigenvalue weighted by Gasteiger charge is -2.30. The maximum atomic E-state index is 6.22. The molecular weight excluding hydrogens is 290 g/mol. The quantitative estimate of drug-likeness (QED) is 0.932. The Morgan fingerprint density at radius 2 is 2.29 bits per heavy atom. The monoisotopic (exact) mass is 305 g/mol. The van der Waals surface area contributed by atoms with E-state index in [-0.39, 0.29) is 0 Å². The summed E-state index contributed by atoms with van der Waals surface area (Å²) >= 11 is 6.22. The van der Waals surface area contributed by atoms with E-state index in [1.807, 2.05) is 12.1 Å². The highest BCUT2D eigenvalue weighted by Crippen LogP contribution is 2.29. The van der Waals surface area contributed by atoms with Crippen LogP contribution in [-0.2, 0) is 24.3 Å². The molecule has 2 aromatic heterocycles. The van der Waals surface area contributed by atoms with Gasteiger partial charge >= 0.3 is 0 Å². The third-order valence-corrected chi connectivity index (χ3v) is 3.75. The van der Waals surface area contributed by atoms with E-state index >= 15 is 0 Å². The maximum absolute atomic E-state index is 6.22. The van der Waals surface area contributed by atoms with Crippen LogP contribution in [0.4, 0.5) is 11.6 Å². The summed E-state index contributed by atoms with van der Waals surface area (Å²) < 4.78 is 5.08. The second-order valence-corrected chi connectivity index (χ2v) is 5.27. The highest BCUT2D eigenvalue weighted by molar-refractivity contribution is 6.32. The average molecular weight is 306 g/mol. The van der Waals surface area contributed by atoms with Crippen molar-refractivity contribution in [2.75, 3.05) is 24.3 Å². The van der Waals surface area contributed by atoms with Gasteiger partial charge in [0.05, 0.1) is 17.3 Å². The van der Waals surface area contributed by atoms with Gasteiger partial charge in [0.1, 0.15) is 18.2 Å². The first-order valence-corrected chi connectivity index (χ1v) is 7.05. The van der Waals surface area contributed by atoms with Gasteiger partial charge in [0.2, 0.25) is 0 Å². The lowest BCUT2D eigenvalue weighted by Crippen LogP contribution is -2.33. The van der Waals surface area contributed by atoms with Crippen molar-refractivity contribution in [2.45, 2.75) is 19.6 Å². The molecule has 110 valence electrons. The number of hydrogen-bond acceptors (Lipinski definition) is 6. The van der Waals surface area contributed by atoms with Crippen LogP contribution in [-0.4, -0.2) is 28.6 Å². The number of fused-ring (bicyclic) bond motifs is 1. The maximum Gasteiger partial charge on any atom is 0.156 e. The number of rotatable bonds is 3. The molecule has 2 N–H and O–H groups in total. The lowest BCUT2D eigenvalue weighted by molar-refractivity contribution is 0.177. The van der Waals surface area contributed by atoms with Crippen LogP contribution in [0.2, 0.25) is 5.02 Å². The molecule has 0 aromatic carbocycles. The fraction of sp³-hybridized carbons (Fsp3) is 0.357. The number of ether oxygens (including phenoxy) is 1. The van der Waals surface area contributed by atoms with Crippen LogP contribution in [0, 0.1) is 0 Å². The van der Waals surface area contributed by atoms with E-state index in [4.69, 9.17) is 22.1 Å². The molecule has 0 bridgehead atoms. The Hall–Kier alpha value is -1.92. The molecule has 0 amide bonds. The summed E-state index contributed by atoms with van der Waals surface area (Å²) in [6, 6.07) is 3.66. The molecule has 0 saturated carbocycles. The van der Waals surface area contributed by atoms with E-state index in [1.54, 1.807) is 13.3 Å². The molecule has 6 nitrogen and oxygen atoms in total. The van der Waals surface area contributed by atoms with E-state index in [0.717, 1.165) is 30.0 Å². The third-order valence-electron chi connectivity index (χ3n) is 3.46. The molecule has 0 aliphatic carbocycles. The SMILES string of the molecule is COCc1nc(N)c2c(n1)CN(c1ncccc1Cl)CC2. The number of hydrogen-bond donors (Lipinski definition) is 1. The number of halogens is 1. The van der Waals surface area contributed by atoms with Crippen molar-refractivity contribution < 1.29 is 4.74 Å². The summed E-state index contributed by atoms with van der Waals surface area (Å²) in [7, 11) is 1.61. The molecule has 0 radical (unpaired) electrons. The minimum absolute atomic E-state index is 0.349. The average Bonchev–Trinajstić information content (AvgIpc) is 2.47. The summed E-state index contributed by atoms with van der Waals surface area (Å²) in [6.45, 7) is 1.76. The Balaban J connectivity index is 1.92. The largest absolute Gasteiger partial charge is 0.383 e. The number of pyridine rings is 1. The number of aromatic nitrogens is 3. The lowest BCUT2D eigenvalue weighted by atomic mass is 10.1. The van der Waals surface area contributed by atoms with Crippen molar-refractivity contribution in [1.82, 2.24) is 15.0 Å². The van der Waals surface area contributed by atoms with Gasteiger partial charge in [0.25, 0.3) is 0 Å². The molecule has 1 aliphatic rings. The van der Waals surface area contributed by atoms with Gasteiger partial charge in [-0.2, -0.15) is 0 Å². The Labute approximate surface area is 127 Å². The Morgan fingerprint density at radius 1 is 1.43 bits per heavy atom. The summed E-state index contributed by atoms with van der Waals surface area (Å²) in [5.41, 5.74) is 7.95. The Kier molecular flexibility index (Phi) is 3.90. The van der Waals surface area contributed by atoms with Crippen LogP contribution < -0.4 is 10.6 Å². The van der Waals surface area contributed by atoms with Crippen molar-refractivity contribution in [3.63, 3.8) is 0 Å².